The molecule has 0 radical (unpaired) electrons. The minimum absolute atomic E-state index is 0.0666. The summed E-state index contributed by atoms with van der Waals surface area (Å²) in [6.45, 7) is 5.92. The van der Waals surface area contributed by atoms with Crippen LogP contribution in [0.15, 0.2) is 52.9 Å². The molecule has 0 saturated heterocycles. The maximum absolute atomic E-state index is 12.5. The Balaban J connectivity index is 1.88. The highest BCUT2D eigenvalue weighted by atomic mass is 16.3. The van der Waals surface area contributed by atoms with Crippen LogP contribution >= 0.6 is 0 Å². The molecular weight excluding hydrogens is 274 g/mol. The predicted molar refractivity (Wildman–Crippen MR) is 88.0 cm³/mol. The maximum atomic E-state index is 12.5. The molecular formula is C19H19NO2. The fourth-order valence-corrected chi connectivity index (χ4v) is 2.64. The van der Waals surface area contributed by atoms with Gasteiger partial charge in [0.15, 0.2) is 5.76 Å². The lowest BCUT2D eigenvalue weighted by Crippen LogP contribution is -2.26. The SMILES string of the molecule is Cc1ccc2oc(C(=O)NC(C)c3ccccc3)c(C)c2c1. The number of furan rings is 1. The van der Waals surface area contributed by atoms with E-state index in [1.807, 2.05) is 69.3 Å². The smallest absolute Gasteiger partial charge is 0.287 e. The summed E-state index contributed by atoms with van der Waals surface area (Å²) in [7, 11) is 0. The van der Waals surface area contributed by atoms with Gasteiger partial charge in [-0.25, -0.2) is 0 Å². The van der Waals surface area contributed by atoms with E-state index in [0.29, 0.717) is 5.76 Å². The van der Waals surface area contributed by atoms with E-state index < -0.39 is 0 Å². The lowest BCUT2D eigenvalue weighted by atomic mass is 10.1. The number of carbonyl (C=O) groups excluding carboxylic acids is 1. The molecule has 0 spiro atoms. The van der Waals surface area contributed by atoms with Gasteiger partial charge in [-0.1, -0.05) is 42.0 Å². The molecule has 3 nitrogen and oxygen atoms in total. The van der Waals surface area contributed by atoms with Gasteiger partial charge in [0.05, 0.1) is 6.04 Å². The first-order valence-corrected chi connectivity index (χ1v) is 7.42. The molecule has 1 unspecified atom stereocenters. The first-order valence-electron chi connectivity index (χ1n) is 7.42. The van der Waals surface area contributed by atoms with Crippen molar-refractivity contribution in [3.05, 3.63) is 71.0 Å². The molecule has 3 rings (SSSR count). The molecule has 2 aromatic carbocycles. The van der Waals surface area contributed by atoms with E-state index in [-0.39, 0.29) is 11.9 Å². The van der Waals surface area contributed by atoms with Crippen LogP contribution in [0, 0.1) is 13.8 Å². The fourth-order valence-electron chi connectivity index (χ4n) is 2.64. The van der Waals surface area contributed by atoms with Crippen molar-refractivity contribution in [2.45, 2.75) is 26.8 Å². The van der Waals surface area contributed by atoms with Gasteiger partial charge >= 0.3 is 0 Å². The Bertz CT molecular complexity index is 818. The Morgan fingerprint density at radius 2 is 1.82 bits per heavy atom. The van der Waals surface area contributed by atoms with Crippen LogP contribution in [0.3, 0.4) is 0 Å². The average Bonchev–Trinajstić information content (AvgIpc) is 2.85. The number of nitrogens with one attached hydrogen (secondary N) is 1. The summed E-state index contributed by atoms with van der Waals surface area (Å²) in [5, 5.41) is 3.99. The molecule has 22 heavy (non-hydrogen) atoms. The van der Waals surface area contributed by atoms with Gasteiger partial charge in [0.2, 0.25) is 0 Å². The summed E-state index contributed by atoms with van der Waals surface area (Å²) in [6.07, 6.45) is 0. The van der Waals surface area contributed by atoms with E-state index in [1.165, 1.54) is 0 Å². The summed E-state index contributed by atoms with van der Waals surface area (Å²) in [4.78, 5) is 12.5. The summed E-state index contributed by atoms with van der Waals surface area (Å²) < 4.78 is 5.74. The Hall–Kier alpha value is -2.55. The van der Waals surface area contributed by atoms with Crippen molar-refractivity contribution in [1.29, 1.82) is 0 Å². The van der Waals surface area contributed by atoms with Gasteiger partial charge in [-0.05, 0) is 38.5 Å². The minimum atomic E-state index is -0.178. The minimum Gasteiger partial charge on any atom is -0.451 e. The third kappa shape index (κ3) is 2.62. The van der Waals surface area contributed by atoms with Crippen LogP contribution in [0.4, 0.5) is 0 Å². The third-order valence-electron chi connectivity index (χ3n) is 3.95. The zero-order valence-corrected chi connectivity index (χ0v) is 13.0. The molecule has 3 heteroatoms. The summed E-state index contributed by atoms with van der Waals surface area (Å²) >= 11 is 0. The molecule has 1 N–H and O–H groups in total. The summed E-state index contributed by atoms with van der Waals surface area (Å²) in [6, 6.07) is 15.8. The van der Waals surface area contributed by atoms with Crippen molar-refractivity contribution >= 4 is 16.9 Å². The quantitative estimate of drug-likeness (QED) is 0.770. The normalized spacial score (nSPS) is 12.3. The van der Waals surface area contributed by atoms with Crippen LogP contribution in [0.2, 0.25) is 0 Å². The van der Waals surface area contributed by atoms with E-state index in [2.05, 4.69) is 5.32 Å². The highest BCUT2D eigenvalue weighted by molar-refractivity contribution is 5.99. The van der Waals surface area contributed by atoms with Gasteiger partial charge in [-0.15, -0.1) is 0 Å². The second-order valence-corrected chi connectivity index (χ2v) is 5.66. The Kier molecular flexibility index (Phi) is 3.72. The van der Waals surface area contributed by atoms with Gasteiger partial charge in [-0.3, -0.25) is 4.79 Å². The molecule has 1 aromatic heterocycles. The van der Waals surface area contributed by atoms with Crippen molar-refractivity contribution in [3.8, 4) is 0 Å². The van der Waals surface area contributed by atoms with Crippen molar-refractivity contribution in [2.75, 3.05) is 0 Å². The lowest BCUT2D eigenvalue weighted by molar-refractivity contribution is 0.0913. The van der Waals surface area contributed by atoms with E-state index in [4.69, 9.17) is 4.42 Å². The fraction of sp³-hybridized carbons (Fsp3) is 0.211. The molecule has 1 amide bonds. The number of amides is 1. The molecule has 0 fully saturated rings. The lowest BCUT2D eigenvalue weighted by Gasteiger charge is -2.13. The average molecular weight is 293 g/mol. The highest BCUT2D eigenvalue weighted by Crippen LogP contribution is 2.26. The van der Waals surface area contributed by atoms with Gasteiger partial charge in [0, 0.05) is 10.9 Å². The molecule has 0 bridgehead atoms. The standard InChI is InChI=1S/C19H19NO2/c1-12-9-10-17-16(11-12)13(2)18(22-17)19(21)20-14(3)15-7-5-4-6-8-15/h4-11,14H,1-3H3,(H,20,21). The van der Waals surface area contributed by atoms with Crippen LogP contribution in [-0.4, -0.2) is 5.91 Å². The Morgan fingerprint density at radius 1 is 1.09 bits per heavy atom. The number of benzene rings is 2. The van der Waals surface area contributed by atoms with E-state index in [1.54, 1.807) is 0 Å². The first kappa shape index (κ1) is 14.4. The molecule has 0 saturated carbocycles. The number of fused-ring (bicyclic) bond motifs is 1. The number of rotatable bonds is 3. The van der Waals surface area contributed by atoms with Gasteiger partial charge < -0.3 is 9.73 Å². The van der Waals surface area contributed by atoms with Gasteiger partial charge in [0.25, 0.3) is 5.91 Å². The molecule has 1 atom stereocenters. The Labute approximate surface area is 130 Å². The second kappa shape index (κ2) is 5.68. The van der Waals surface area contributed by atoms with Crippen LogP contribution in [0.5, 0.6) is 0 Å². The number of hydrogen-bond donors (Lipinski definition) is 1. The van der Waals surface area contributed by atoms with E-state index in [9.17, 15) is 4.79 Å². The predicted octanol–water partition coefficient (Wildman–Crippen LogP) is 4.54. The third-order valence-corrected chi connectivity index (χ3v) is 3.95. The van der Waals surface area contributed by atoms with Gasteiger partial charge in [0.1, 0.15) is 5.58 Å². The Morgan fingerprint density at radius 3 is 2.55 bits per heavy atom. The monoisotopic (exact) mass is 293 g/mol. The largest absolute Gasteiger partial charge is 0.451 e. The summed E-state index contributed by atoms with van der Waals surface area (Å²) in [5.74, 6) is 0.214. The molecule has 0 aliphatic rings. The summed E-state index contributed by atoms with van der Waals surface area (Å²) in [5.41, 5.74) is 3.86. The van der Waals surface area contributed by atoms with Crippen LogP contribution < -0.4 is 5.32 Å². The van der Waals surface area contributed by atoms with Crippen LogP contribution in [0.25, 0.3) is 11.0 Å². The van der Waals surface area contributed by atoms with Crippen LogP contribution in [-0.2, 0) is 0 Å². The molecule has 112 valence electrons. The molecule has 0 aliphatic carbocycles. The second-order valence-electron chi connectivity index (χ2n) is 5.66. The van der Waals surface area contributed by atoms with Crippen molar-refractivity contribution in [3.63, 3.8) is 0 Å². The van der Waals surface area contributed by atoms with Crippen molar-refractivity contribution in [1.82, 2.24) is 5.32 Å². The van der Waals surface area contributed by atoms with E-state index in [0.717, 1.165) is 27.7 Å². The van der Waals surface area contributed by atoms with Crippen LogP contribution in [0.1, 0.15) is 40.2 Å². The molecule has 0 aliphatic heterocycles. The maximum Gasteiger partial charge on any atom is 0.287 e. The highest BCUT2D eigenvalue weighted by Gasteiger charge is 2.19. The molecule has 3 aromatic rings. The number of aryl methyl sites for hydroxylation is 2. The first-order chi connectivity index (χ1) is 10.6. The van der Waals surface area contributed by atoms with Gasteiger partial charge in [-0.2, -0.15) is 0 Å². The topological polar surface area (TPSA) is 42.2 Å². The number of carbonyl (C=O) groups is 1. The zero-order chi connectivity index (χ0) is 15.7. The van der Waals surface area contributed by atoms with Crippen molar-refractivity contribution < 1.29 is 9.21 Å². The number of hydrogen-bond acceptors (Lipinski definition) is 2. The van der Waals surface area contributed by atoms with Crippen molar-refractivity contribution in [2.24, 2.45) is 0 Å². The zero-order valence-electron chi connectivity index (χ0n) is 13.0. The van der Waals surface area contributed by atoms with E-state index >= 15 is 0 Å². The molecule has 1 heterocycles.